The molecule has 0 saturated carbocycles. The van der Waals surface area contributed by atoms with Crippen molar-refractivity contribution >= 4 is 5.97 Å². The van der Waals surface area contributed by atoms with E-state index in [1.54, 1.807) is 12.1 Å². The Labute approximate surface area is 140 Å². The molecule has 0 aliphatic rings. The number of aromatic nitrogens is 4. The van der Waals surface area contributed by atoms with Gasteiger partial charge in [-0.15, -0.1) is 0 Å². The SMILES string of the molecule is Cc1cc(C)n(C(c2ccc(C(=O)O)cc2)n2nc(C)cc2C)n1. The van der Waals surface area contributed by atoms with E-state index in [4.69, 9.17) is 5.11 Å². The fraction of sp³-hybridized carbons (Fsp3) is 0.278. The van der Waals surface area contributed by atoms with Crippen LogP contribution in [0.15, 0.2) is 36.4 Å². The molecular weight excluding hydrogens is 304 g/mol. The maximum absolute atomic E-state index is 11.1. The van der Waals surface area contributed by atoms with Gasteiger partial charge in [-0.2, -0.15) is 10.2 Å². The molecule has 6 heteroatoms. The summed E-state index contributed by atoms with van der Waals surface area (Å²) < 4.78 is 3.84. The molecule has 0 bridgehead atoms. The molecule has 0 atom stereocenters. The molecule has 24 heavy (non-hydrogen) atoms. The number of carboxylic acids is 1. The van der Waals surface area contributed by atoms with Gasteiger partial charge in [0, 0.05) is 11.4 Å². The van der Waals surface area contributed by atoms with Gasteiger partial charge in [-0.05, 0) is 57.5 Å². The van der Waals surface area contributed by atoms with Crippen molar-refractivity contribution in [2.24, 2.45) is 0 Å². The van der Waals surface area contributed by atoms with Gasteiger partial charge in [-0.25, -0.2) is 14.2 Å². The number of benzene rings is 1. The van der Waals surface area contributed by atoms with Gasteiger partial charge in [0.25, 0.3) is 0 Å². The summed E-state index contributed by atoms with van der Waals surface area (Å²) in [6.45, 7) is 7.92. The third kappa shape index (κ3) is 2.82. The number of carbonyl (C=O) groups is 1. The maximum Gasteiger partial charge on any atom is 0.335 e. The molecule has 0 unspecified atom stereocenters. The molecule has 2 heterocycles. The predicted molar refractivity (Wildman–Crippen MR) is 90.3 cm³/mol. The van der Waals surface area contributed by atoms with Crippen LogP contribution in [-0.2, 0) is 0 Å². The largest absolute Gasteiger partial charge is 0.478 e. The Morgan fingerprint density at radius 3 is 1.71 bits per heavy atom. The first-order valence-corrected chi connectivity index (χ1v) is 7.75. The standard InChI is InChI=1S/C18H20N4O2/c1-11-9-13(3)21(19-11)17(22-14(4)10-12(2)20-22)15-5-7-16(8-6-15)18(23)24/h5-10,17H,1-4H3,(H,23,24). The van der Waals surface area contributed by atoms with Crippen LogP contribution in [0.3, 0.4) is 0 Å². The van der Waals surface area contributed by atoms with Crippen LogP contribution in [-0.4, -0.2) is 30.6 Å². The molecule has 0 saturated heterocycles. The summed E-state index contributed by atoms with van der Waals surface area (Å²) in [5, 5.41) is 18.3. The van der Waals surface area contributed by atoms with Crippen LogP contribution in [0.2, 0.25) is 0 Å². The van der Waals surface area contributed by atoms with Crippen LogP contribution in [0, 0.1) is 27.7 Å². The molecule has 2 aromatic heterocycles. The van der Waals surface area contributed by atoms with E-state index in [1.807, 2.05) is 61.3 Å². The van der Waals surface area contributed by atoms with Crippen LogP contribution in [0.1, 0.15) is 44.9 Å². The summed E-state index contributed by atoms with van der Waals surface area (Å²) in [4.78, 5) is 11.1. The normalized spacial score (nSPS) is 11.2. The Balaban J connectivity index is 2.17. The lowest BCUT2D eigenvalue weighted by Gasteiger charge is -2.22. The summed E-state index contributed by atoms with van der Waals surface area (Å²) >= 11 is 0. The molecule has 0 spiro atoms. The minimum Gasteiger partial charge on any atom is -0.478 e. The average molecular weight is 324 g/mol. The number of rotatable bonds is 4. The van der Waals surface area contributed by atoms with Gasteiger partial charge in [0.05, 0.1) is 17.0 Å². The van der Waals surface area contributed by atoms with Crippen LogP contribution < -0.4 is 0 Å². The van der Waals surface area contributed by atoms with E-state index in [9.17, 15) is 4.79 Å². The molecule has 124 valence electrons. The molecule has 0 fully saturated rings. The zero-order chi connectivity index (χ0) is 17.4. The van der Waals surface area contributed by atoms with Gasteiger partial charge >= 0.3 is 5.97 Å². The van der Waals surface area contributed by atoms with E-state index < -0.39 is 5.97 Å². The van der Waals surface area contributed by atoms with Crippen molar-refractivity contribution < 1.29 is 9.90 Å². The van der Waals surface area contributed by atoms with Crippen molar-refractivity contribution in [2.75, 3.05) is 0 Å². The van der Waals surface area contributed by atoms with Crippen LogP contribution in [0.25, 0.3) is 0 Å². The monoisotopic (exact) mass is 324 g/mol. The van der Waals surface area contributed by atoms with E-state index in [0.717, 1.165) is 28.3 Å². The topological polar surface area (TPSA) is 72.9 Å². The Hall–Kier alpha value is -2.89. The molecule has 0 aliphatic carbocycles. The van der Waals surface area contributed by atoms with Crippen LogP contribution in [0.5, 0.6) is 0 Å². The van der Waals surface area contributed by atoms with Gasteiger partial charge in [0.1, 0.15) is 0 Å². The Bertz CT molecular complexity index is 844. The van der Waals surface area contributed by atoms with Gasteiger partial charge in [0.15, 0.2) is 6.17 Å². The smallest absolute Gasteiger partial charge is 0.335 e. The van der Waals surface area contributed by atoms with Crippen molar-refractivity contribution in [1.82, 2.24) is 19.6 Å². The Kier molecular flexibility index (Phi) is 3.97. The first kappa shape index (κ1) is 16.0. The summed E-state index contributed by atoms with van der Waals surface area (Å²) in [5.41, 5.74) is 5.10. The Morgan fingerprint density at radius 1 is 0.917 bits per heavy atom. The van der Waals surface area contributed by atoms with Crippen molar-refractivity contribution in [3.05, 3.63) is 70.3 Å². The molecule has 0 amide bonds. The number of aryl methyl sites for hydroxylation is 4. The third-order valence-electron chi connectivity index (χ3n) is 4.01. The van der Waals surface area contributed by atoms with Crippen molar-refractivity contribution in [3.63, 3.8) is 0 Å². The fourth-order valence-corrected chi connectivity index (χ4v) is 2.97. The molecule has 3 aromatic rings. The lowest BCUT2D eigenvalue weighted by molar-refractivity contribution is 0.0697. The molecule has 1 aromatic carbocycles. The maximum atomic E-state index is 11.1. The van der Waals surface area contributed by atoms with Gasteiger partial charge < -0.3 is 5.11 Å². The highest BCUT2D eigenvalue weighted by Gasteiger charge is 2.22. The fourth-order valence-electron chi connectivity index (χ4n) is 2.97. The van der Waals surface area contributed by atoms with Gasteiger partial charge in [-0.3, -0.25) is 0 Å². The van der Waals surface area contributed by atoms with E-state index in [1.165, 1.54) is 0 Å². The van der Waals surface area contributed by atoms with E-state index >= 15 is 0 Å². The van der Waals surface area contributed by atoms with Crippen LogP contribution >= 0.6 is 0 Å². The summed E-state index contributed by atoms with van der Waals surface area (Å²) in [5.74, 6) is -0.935. The molecule has 0 radical (unpaired) electrons. The highest BCUT2D eigenvalue weighted by molar-refractivity contribution is 5.87. The van der Waals surface area contributed by atoms with E-state index in [2.05, 4.69) is 10.2 Å². The third-order valence-corrected chi connectivity index (χ3v) is 4.01. The van der Waals surface area contributed by atoms with E-state index in [0.29, 0.717) is 0 Å². The lowest BCUT2D eigenvalue weighted by atomic mass is 10.1. The first-order chi connectivity index (χ1) is 11.4. The predicted octanol–water partition coefficient (Wildman–Crippen LogP) is 3.11. The molecule has 1 N–H and O–H groups in total. The second kappa shape index (κ2) is 5.96. The van der Waals surface area contributed by atoms with Crippen LogP contribution in [0.4, 0.5) is 0 Å². The van der Waals surface area contributed by atoms with Gasteiger partial charge in [0.2, 0.25) is 0 Å². The summed E-state index contributed by atoms with van der Waals surface area (Å²) in [6.07, 6.45) is -0.254. The number of hydrogen-bond acceptors (Lipinski definition) is 3. The zero-order valence-electron chi connectivity index (χ0n) is 14.2. The second-order valence-corrected chi connectivity index (χ2v) is 6.04. The Morgan fingerprint density at radius 2 is 1.38 bits per heavy atom. The lowest BCUT2D eigenvalue weighted by Crippen LogP contribution is -2.24. The van der Waals surface area contributed by atoms with Crippen molar-refractivity contribution in [3.8, 4) is 0 Å². The number of carboxylic acid groups (broad SMARTS) is 1. The number of hydrogen-bond donors (Lipinski definition) is 1. The number of aromatic carboxylic acids is 1. The number of nitrogens with zero attached hydrogens (tertiary/aromatic N) is 4. The first-order valence-electron chi connectivity index (χ1n) is 7.75. The van der Waals surface area contributed by atoms with Crippen molar-refractivity contribution in [2.45, 2.75) is 33.9 Å². The molecule has 3 rings (SSSR count). The molecule has 0 aliphatic heterocycles. The summed E-state index contributed by atoms with van der Waals surface area (Å²) in [6, 6.07) is 10.9. The molecular formula is C18H20N4O2. The van der Waals surface area contributed by atoms with E-state index in [-0.39, 0.29) is 11.7 Å². The minimum absolute atomic E-state index is 0.254. The highest BCUT2D eigenvalue weighted by atomic mass is 16.4. The van der Waals surface area contributed by atoms with Crippen molar-refractivity contribution in [1.29, 1.82) is 0 Å². The van der Waals surface area contributed by atoms with Gasteiger partial charge in [-0.1, -0.05) is 12.1 Å². The minimum atomic E-state index is -0.935. The summed E-state index contributed by atoms with van der Waals surface area (Å²) in [7, 11) is 0. The molecule has 6 nitrogen and oxygen atoms in total. The second-order valence-electron chi connectivity index (χ2n) is 6.04. The quantitative estimate of drug-likeness (QED) is 0.800. The highest BCUT2D eigenvalue weighted by Crippen LogP contribution is 2.24. The zero-order valence-corrected chi connectivity index (χ0v) is 14.2. The average Bonchev–Trinajstić information content (AvgIpc) is 3.02.